The van der Waals surface area contributed by atoms with E-state index in [0.29, 0.717) is 29.8 Å². The van der Waals surface area contributed by atoms with Gasteiger partial charge in [-0.3, -0.25) is 9.59 Å². The lowest BCUT2D eigenvalue weighted by Crippen LogP contribution is -2.30. The molecular weight excluding hydrogens is 378 g/mol. The normalized spacial score (nSPS) is 18.3. The van der Waals surface area contributed by atoms with Gasteiger partial charge in [0.15, 0.2) is 0 Å². The van der Waals surface area contributed by atoms with Crippen molar-refractivity contribution in [1.29, 1.82) is 0 Å². The Bertz CT molecular complexity index is 959. The molecule has 30 heavy (non-hydrogen) atoms. The van der Waals surface area contributed by atoms with Gasteiger partial charge < -0.3 is 14.7 Å². The van der Waals surface area contributed by atoms with Crippen LogP contribution in [-0.2, 0) is 16.0 Å². The Labute approximate surface area is 178 Å². The van der Waals surface area contributed by atoms with Crippen molar-refractivity contribution in [2.75, 3.05) is 6.54 Å². The maximum absolute atomic E-state index is 13.0. The van der Waals surface area contributed by atoms with Gasteiger partial charge in [-0.2, -0.15) is 0 Å². The molecule has 0 radical (unpaired) electrons. The van der Waals surface area contributed by atoms with Crippen LogP contribution in [0.25, 0.3) is 5.76 Å². The SMILES string of the molecule is CCCN1C(=O)C(=O)/C(=C(\O)c2ccc(CC)cc2)C1c1ccccc1OC(C)C. The van der Waals surface area contributed by atoms with Crippen molar-refractivity contribution >= 4 is 17.4 Å². The Hall–Kier alpha value is -3.08. The van der Waals surface area contributed by atoms with Gasteiger partial charge in [0.25, 0.3) is 11.7 Å². The monoisotopic (exact) mass is 407 g/mol. The van der Waals surface area contributed by atoms with Gasteiger partial charge in [-0.05, 0) is 38.3 Å². The molecule has 1 fully saturated rings. The lowest BCUT2D eigenvalue weighted by atomic mass is 9.94. The first-order valence-electron chi connectivity index (χ1n) is 10.5. The molecule has 2 aromatic rings. The standard InChI is InChI=1S/C25H29NO4/c1-5-15-26-22(19-9-7-8-10-20(19)30-16(3)4)21(24(28)25(26)29)23(27)18-13-11-17(6-2)12-14-18/h7-14,16,22,27H,5-6,15H2,1-4H3/b23-21-. The van der Waals surface area contributed by atoms with E-state index in [2.05, 4.69) is 6.92 Å². The number of rotatable bonds is 7. The number of aliphatic hydroxyl groups is 1. The zero-order valence-electron chi connectivity index (χ0n) is 18.0. The van der Waals surface area contributed by atoms with E-state index in [0.717, 1.165) is 12.0 Å². The Morgan fingerprint density at radius 2 is 1.73 bits per heavy atom. The van der Waals surface area contributed by atoms with E-state index in [1.165, 1.54) is 4.90 Å². The molecule has 1 amide bonds. The van der Waals surface area contributed by atoms with E-state index in [1.807, 2.05) is 57.2 Å². The van der Waals surface area contributed by atoms with Crippen molar-refractivity contribution in [1.82, 2.24) is 4.90 Å². The summed E-state index contributed by atoms with van der Waals surface area (Å²) in [5.74, 6) is -0.801. The summed E-state index contributed by atoms with van der Waals surface area (Å²) >= 11 is 0. The molecular formula is C25H29NO4. The summed E-state index contributed by atoms with van der Waals surface area (Å²) in [4.78, 5) is 27.4. The molecule has 0 bridgehead atoms. The van der Waals surface area contributed by atoms with E-state index in [-0.39, 0.29) is 17.4 Å². The molecule has 5 nitrogen and oxygen atoms in total. The summed E-state index contributed by atoms with van der Waals surface area (Å²) in [5.41, 5.74) is 2.46. The van der Waals surface area contributed by atoms with Gasteiger partial charge in [0.1, 0.15) is 11.5 Å². The summed E-state index contributed by atoms with van der Waals surface area (Å²) in [6.07, 6.45) is 1.50. The Morgan fingerprint density at radius 3 is 2.33 bits per heavy atom. The van der Waals surface area contributed by atoms with Gasteiger partial charge in [-0.1, -0.05) is 56.3 Å². The molecule has 1 aliphatic heterocycles. The third kappa shape index (κ3) is 4.11. The van der Waals surface area contributed by atoms with Crippen molar-refractivity contribution in [2.24, 2.45) is 0 Å². The van der Waals surface area contributed by atoms with Crippen LogP contribution in [0.5, 0.6) is 5.75 Å². The third-order valence-corrected chi connectivity index (χ3v) is 5.22. The summed E-state index contributed by atoms with van der Waals surface area (Å²) in [6.45, 7) is 8.27. The quantitative estimate of drug-likeness (QED) is 0.404. The second kappa shape index (κ2) is 9.16. The zero-order chi connectivity index (χ0) is 21.8. The number of aryl methyl sites for hydroxylation is 1. The highest BCUT2D eigenvalue weighted by molar-refractivity contribution is 6.46. The molecule has 1 saturated heterocycles. The number of carbonyl (C=O) groups is 2. The van der Waals surface area contributed by atoms with Crippen LogP contribution in [0.4, 0.5) is 0 Å². The molecule has 1 aliphatic rings. The number of amides is 1. The van der Waals surface area contributed by atoms with Crippen molar-refractivity contribution in [3.05, 3.63) is 70.8 Å². The summed E-state index contributed by atoms with van der Waals surface area (Å²) < 4.78 is 5.97. The number of ether oxygens (including phenoxy) is 1. The first-order valence-corrected chi connectivity index (χ1v) is 10.5. The lowest BCUT2D eigenvalue weighted by molar-refractivity contribution is -0.139. The Morgan fingerprint density at radius 1 is 1.07 bits per heavy atom. The first kappa shape index (κ1) is 21.6. The molecule has 1 unspecified atom stereocenters. The van der Waals surface area contributed by atoms with E-state index >= 15 is 0 Å². The number of ketones is 1. The highest BCUT2D eigenvalue weighted by Crippen LogP contribution is 2.42. The predicted octanol–water partition coefficient (Wildman–Crippen LogP) is 4.87. The highest BCUT2D eigenvalue weighted by Gasteiger charge is 2.46. The van der Waals surface area contributed by atoms with Crippen molar-refractivity contribution in [3.8, 4) is 5.75 Å². The maximum Gasteiger partial charge on any atom is 0.295 e. The van der Waals surface area contributed by atoms with Crippen LogP contribution in [-0.4, -0.2) is 34.3 Å². The van der Waals surface area contributed by atoms with Crippen LogP contribution in [0.15, 0.2) is 54.1 Å². The van der Waals surface area contributed by atoms with Crippen LogP contribution in [0.2, 0.25) is 0 Å². The smallest absolute Gasteiger partial charge is 0.295 e. The average Bonchev–Trinajstić information content (AvgIpc) is 2.98. The first-order chi connectivity index (χ1) is 14.4. The minimum absolute atomic E-state index is 0.0683. The topological polar surface area (TPSA) is 66.8 Å². The van der Waals surface area contributed by atoms with E-state index in [4.69, 9.17) is 4.74 Å². The molecule has 5 heteroatoms. The molecule has 3 rings (SSSR count). The lowest BCUT2D eigenvalue weighted by Gasteiger charge is -2.27. The molecule has 0 saturated carbocycles. The number of carbonyl (C=O) groups excluding carboxylic acids is 2. The van der Waals surface area contributed by atoms with E-state index in [1.54, 1.807) is 12.1 Å². The number of hydrogen-bond acceptors (Lipinski definition) is 4. The molecule has 1 N–H and O–H groups in total. The van der Waals surface area contributed by atoms with Crippen LogP contribution in [0, 0.1) is 0 Å². The molecule has 158 valence electrons. The van der Waals surface area contributed by atoms with Crippen molar-refractivity contribution in [3.63, 3.8) is 0 Å². The summed E-state index contributed by atoms with van der Waals surface area (Å²) in [7, 11) is 0. The largest absolute Gasteiger partial charge is 0.507 e. The molecule has 0 aromatic heterocycles. The number of hydrogen-bond donors (Lipinski definition) is 1. The summed E-state index contributed by atoms with van der Waals surface area (Å²) in [5, 5.41) is 11.1. The maximum atomic E-state index is 13.0. The van der Waals surface area contributed by atoms with Crippen LogP contribution in [0.1, 0.15) is 56.8 Å². The molecule has 1 atom stereocenters. The van der Waals surface area contributed by atoms with Crippen LogP contribution in [0.3, 0.4) is 0 Å². The predicted molar refractivity (Wildman–Crippen MR) is 117 cm³/mol. The van der Waals surface area contributed by atoms with Gasteiger partial charge in [0.2, 0.25) is 0 Å². The van der Waals surface area contributed by atoms with Gasteiger partial charge in [0, 0.05) is 17.7 Å². The Balaban J connectivity index is 2.19. The minimum Gasteiger partial charge on any atom is -0.507 e. The fourth-order valence-corrected chi connectivity index (χ4v) is 3.80. The second-order valence-corrected chi connectivity index (χ2v) is 7.75. The van der Waals surface area contributed by atoms with Crippen molar-refractivity contribution < 1.29 is 19.4 Å². The Kier molecular flexibility index (Phi) is 6.60. The number of Topliss-reactive ketones (excluding diaryl/α,β-unsaturated/α-hetero) is 1. The van der Waals surface area contributed by atoms with Gasteiger partial charge >= 0.3 is 0 Å². The number of benzene rings is 2. The molecule has 0 spiro atoms. The van der Waals surface area contributed by atoms with Gasteiger partial charge in [-0.25, -0.2) is 0 Å². The molecule has 2 aromatic carbocycles. The fourth-order valence-electron chi connectivity index (χ4n) is 3.80. The molecule has 0 aliphatic carbocycles. The zero-order valence-corrected chi connectivity index (χ0v) is 18.0. The second-order valence-electron chi connectivity index (χ2n) is 7.75. The number of nitrogens with zero attached hydrogens (tertiary/aromatic N) is 1. The summed E-state index contributed by atoms with van der Waals surface area (Å²) in [6, 6.07) is 14.1. The van der Waals surface area contributed by atoms with Crippen LogP contribution >= 0.6 is 0 Å². The number of likely N-dealkylation sites (tertiary alicyclic amines) is 1. The fraction of sp³-hybridized carbons (Fsp3) is 0.360. The number of para-hydroxylation sites is 1. The number of aliphatic hydroxyl groups excluding tert-OH is 1. The minimum atomic E-state index is -0.689. The molecule has 1 heterocycles. The highest BCUT2D eigenvalue weighted by atomic mass is 16.5. The van der Waals surface area contributed by atoms with Gasteiger partial charge in [0.05, 0.1) is 17.7 Å². The van der Waals surface area contributed by atoms with Crippen LogP contribution < -0.4 is 4.74 Å². The third-order valence-electron chi connectivity index (χ3n) is 5.22. The van der Waals surface area contributed by atoms with Gasteiger partial charge in [-0.15, -0.1) is 0 Å². The van der Waals surface area contributed by atoms with E-state index in [9.17, 15) is 14.7 Å². The van der Waals surface area contributed by atoms with E-state index < -0.39 is 17.7 Å². The van der Waals surface area contributed by atoms with Crippen molar-refractivity contribution in [2.45, 2.75) is 52.7 Å². The average molecular weight is 408 g/mol.